The highest BCUT2D eigenvalue weighted by atomic mass is 35.5. The zero-order chi connectivity index (χ0) is 18.2. The molecular formula is C19H20ClNO4. The summed E-state index contributed by atoms with van der Waals surface area (Å²) >= 11 is 5.87. The van der Waals surface area contributed by atoms with Gasteiger partial charge in [0.2, 0.25) is 0 Å². The van der Waals surface area contributed by atoms with Crippen molar-refractivity contribution in [2.75, 3.05) is 13.2 Å². The van der Waals surface area contributed by atoms with E-state index in [-0.39, 0.29) is 19.1 Å². The second-order valence-corrected chi connectivity index (χ2v) is 6.04. The van der Waals surface area contributed by atoms with Crippen LogP contribution in [-0.4, -0.2) is 25.1 Å². The van der Waals surface area contributed by atoms with E-state index in [1.165, 1.54) is 0 Å². The lowest BCUT2D eigenvalue weighted by Gasteiger charge is -2.09. The van der Waals surface area contributed by atoms with Crippen LogP contribution >= 0.6 is 11.6 Å². The maximum absolute atomic E-state index is 11.7. The van der Waals surface area contributed by atoms with Crippen molar-refractivity contribution in [1.29, 1.82) is 0 Å². The van der Waals surface area contributed by atoms with Gasteiger partial charge in [-0.2, -0.15) is 0 Å². The van der Waals surface area contributed by atoms with E-state index in [1.807, 2.05) is 32.0 Å². The predicted molar refractivity (Wildman–Crippen MR) is 95.7 cm³/mol. The summed E-state index contributed by atoms with van der Waals surface area (Å²) in [6, 6.07) is 12.7. The summed E-state index contributed by atoms with van der Waals surface area (Å²) in [5.74, 6) is -0.402. The highest BCUT2D eigenvalue weighted by Crippen LogP contribution is 2.16. The summed E-state index contributed by atoms with van der Waals surface area (Å²) in [4.78, 5) is 23.3. The number of amides is 1. The van der Waals surface area contributed by atoms with Crippen LogP contribution < -0.4 is 10.1 Å². The smallest absolute Gasteiger partial charge is 0.344 e. The molecule has 132 valence electrons. The van der Waals surface area contributed by atoms with Crippen molar-refractivity contribution in [3.63, 3.8) is 0 Å². The lowest BCUT2D eigenvalue weighted by molar-refractivity contribution is -0.150. The van der Waals surface area contributed by atoms with Gasteiger partial charge in [-0.15, -0.1) is 0 Å². The van der Waals surface area contributed by atoms with Crippen molar-refractivity contribution in [3.05, 3.63) is 64.2 Å². The Kier molecular flexibility index (Phi) is 6.83. The van der Waals surface area contributed by atoms with Gasteiger partial charge in [0.1, 0.15) is 5.75 Å². The van der Waals surface area contributed by atoms with Gasteiger partial charge in [-0.25, -0.2) is 4.79 Å². The lowest BCUT2D eigenvalue weighted by Crippen LogP contribution is -2.29. The molecule has 0 bridgehead atoms. The fourth-order valence-electron chi connectivity index (χ4n) is 2.03. The first-order valence-corrected chi connectivity index (χ1v) is 8.18. The molecule has 2 rings (SSSR count). The Bertz CT molecular complexity index is 761. The number of carbonyl (C=O) groups excluding carboxylic acids is 2. The van der Waals surface area contributed by atoms with Crippen LogP contribution in [0.4, 0.5) is 0 Å². The lowest BCUT2D eigenvalue weighted by atomic mass is 10.1. The molecule has 0 aliphatic heterocycles. The number of hydrogen-bond acceptors (Lipinski definition) is 4. The third-order valence-electron chi connectivity index (χ3n) is 3.58. The molecule has 25 heavy (non-hydrogen) atoms. The summed E-state index contributed by atoms with van der Waals surface area (Å²) in [5.41, 5.74) is 3.09. The Hall–Kier alpha value is -2.53. The van der Waals surface area contributed by atoms with E-state index < -0.39 is 5.97 Å². The molecule has 0 fully saturated rings. The molecule has 0 atom stereocenters. The van der Waals surface area contributed by atoms with Gasteiger partial charge in [0.25, 0.3) is 5.91 Å². The summed E-state index contributed by atoms with van der Waals surface area (Å²) < 4.78 is 10.2. The molecule has 1 amide bonds. The number of hydrogen-bond donors (Lipinski definition) is 1. The molecule has 1 N–H and O–H groups in total. The number of benzene rings is 2. The summed E-state index contributed by atoms with van der Waals surface area (Å²) in [6.45, 7) is 3.68. The Labute approximate surface area is 151 Å². The molecule has 0 radical (unpaired) electrons. The number of aryl methyl sites for hydroxylation is 2. The Balaban J connectivity index is 1.68. The predicted octanol–water partition coefficient (Wildman–Crippen LogP) is 3.20. The molecule has 0 saturated carbocycles. The zero-order valence-electron chi connectivity index (χ0n) is 14.2. The Morgan fingerprint density at radius 3 is 2.56 bits per heavy atom. The van der Waals surface area contributed by atoms with Crippen LogP contribution in [0.1, 0.15) is 16.7 Å². The highest BCUT2D eigenvalue weighted by Gasteiger charge is 2.09. The first kappa shape index (κ1) is 18.8. The summed E-state index contributed by atoms with van der Waals surface area (Å²) in [5, 5.41) is 3.25. The monoisotopic (exact) mass is 361 g/mol. The third-order valence-corrected chi connectivity index (χ3v) is 3.81. The molecule has 5 nitrogen and oxygen atoms in total. The number of halogens is 1. The van der Waals surface area contributed by atoms with Crippen LogP contribution in [0.3, 0.4) is 0 Å². The Morgan fingerprint density at radius 2 is 1.84 bits per heavy atom. The minimum atomic E-state index is -0.601. The number of esters is 1. The minimum absolute atomic E-state index is 0.246. The van der Waals surface area contributed by atoms with Crippen molar-refractivity contribution in [2.24, 2.45) is 0 Å². The van der Waals surface area contributed by atoms with Crippen molar-refractivity contribution in [3.8, 4) is 5.75 Å². The largest absolute Gasteiger partial charge is 0.482 e. The van der Waals surface area contributed by atoms with Crippen LogP contribution in [0.25, 0.3) is 0 Å². The van der Waals surface area contributed by atoms with E-state index in [9.17, 15) is 9.59 Å². The van der Waals surface area contributed by atoms with E-state index >= 15 is 0 Å². The molecule has 6 heteroatoms. The molecule has 0 aliphatic carbocycles. The number of nitrogens with one attached hydrogen (secondary N) is 1. The topological polar surface area (TPSA) is 64.6 Å². The molecule has 0 heterocycles. The molecule has 2 aromatic rings. The van der Waals surface area contributed by atoms with Gasteiger partial charge in [-0.1, -0.05) is 29.8 Å². The van der Waals surface area contributed by atoms with Gasteiger partial charge < -0.3 is 14.8 Å². The van der Waals surface area contributed by atoms with Crippen LogP contribution in [0.5, 0.6) is 5.75 Å². The molecule has 0 aliphatic rings. The van der Waals surface area contributed by atoms with E-state index in [0.717, 1.165) is 16.7 Å². The third kappa shape index (κ3) is 6.47. The van der Waals surface area contributed by atoms with Gasteiger partial charge in [-0.3, -0.25) is 4.79 Å². The zero-order valence-corrected chi connectivity index (χ0v) is 14.9. The SMILES string of the molecule is Cc1ccc(OCC(=O)OCC(=O)NCc2cccc(Cl)c2)cc1C. The first-order valence-electron chi connectivity index (χ1n) is 7.81. The van der Waals surface area contributed by atoms with Crippen LogP contribution in [0, 0.1) is 13.8 Å². The molecule has 0 saturated heterocycles. The highest BCUT2D eigenvalue weighted by molar-refractivity contribution is 6.30. The van der Waals surface area contributed by atoms with Crippen molar-refractivity contribution < 1.29 is 19.1 Å². The molecular weight excluding hydrogens is 342 g/mol. The maximum atomic E-state index is 11.7. The van der Waals surface area contributed by atoms with Crippen LogP contribution in [0.15, 0.2) is 42.5 Å². The first-order chi connectivity index (χ1) is 11.9. The van der Waals surface area contributed by atoms with Crippen molar-refractivity contribution in [1.82, 2.24) is 5.32 Å². The number of rotatable bonds is 7. The van der Waals surface area contributed by atoms with Gasteiger partial charge in [0, 0.05) is 11.6 Å². The van der Waals surface area contributed by atoms with E-state index in [0.29, 0.717) is 17.3 Å². The van der Waals surface area contributed by atoms with Gasteiger partial charge in [0.15, 0.2) is 13.2 Å². The van der Waals surface area contributed by atoms with E-state index in [1.54, 1.807) is 24.3 Å². The normalized spacial score (nSPS) is 10.2. The molecule has 0 spiro atoms. The average Bonchev–Trinajstić information content (AvgIpc) is 2.59. The quantitative estimate of drug-likeness (QED) is 0.769. The molecule has 2 aromatic carbocycles. The van der Waals surface area contributed by atoms with Crippen LogP contribution in [-0.2, 0) is 20.9 Å². The minimum Gasteiger partial charge on any atom is -0.482 e. The second-order valence-electron chi connectivity index (χ2n) is 5.60. The Morgan fingerprint density at radius 1 is 1.04 bits per heavy atom. The van der Waals surface area contributed by atoms with E-state index in [4.69, 9.17) is 21.1 Å². The van der Waals surface area contributed by atoms with Gasteiger partial charge in [0.05, 0.1) is 0 Å². The van der Waals surface area contributed by atoms with Gasteiger partial charge >= 0.3 is 5.97 Å². The maximum Gasteiger partial charge on any atom is 0.344 e. The summed E-state index contributed by atoms with van der Waals surface area (Å²) in [6.07, 6.45) is 0. The number of ether oxygens (including phenoxy) is 2. The van der Waals surface area contributed by atoms with Crippen LogP contribution in [0.2, 0.25) is 5.02 Å². The fourth-order valence-corrected chi connectivity index (χ4v) is 2.25. The van der Waals surface area contributed by atoms with Crippen molar-refractivity contribution in [2.45, 2.75) is 20.4 Å². The average molecular weight is 362 g/mol. The second kappa shape index (κ2) is 9.08. The molecule has 0 unspecified atom stereocenters. The van der Waals surface area contributed by atoms with Crippen molar-refractivity contribution >= 4 is 23.5 Å². The van der Waals surface area contributed by atoms with Gasteiger partial charge in [-0.05, 0) is 54.8 Å². The summed E-state index contributed by atoms with van der Waals surface area (Å²) in [7, 11) is 0. The molecule has 0 aromatic heterocycles. The number of carbonyl (C=O) groups is 2. The standard InChI is InChI=1S/C19H20ClNO4/c1-13-6-7-17(8-14(13)2)24-12-19(23)25-11-18(22)21-10-15-4-3-5-16(20)9-15/h3-9H,10-12H2,1-2H3,(H,21,22). The fraction of sp³-hybridized carbons (Fsp3) is 0.263. The van der Waals surface area contributed by atoms with E-state index in [2.05, 4.69) is 5.32 Å².